The number of rotatable bonds is 8. The Bertz CT molecular complexity index is 1340. The number of benzene rings is 2. The van der Waals surface area contributed by atoms with E-state index in [1.165, 1.54) is 5.69 Å². The number of hydrogen-bond acceptors (Lipinski definition) is 5. The number of pyridine rings is 1. The maximum atomic E-state index is 13.8. The van der Waals surface area contributed by atoms with Crippen LogP contribution in [0.2, 0.25) is 0 Å². The Kier molecular flexibility index (Phi) is 7.56. The second-order valence-corrected chi connectivity index (χ2v) is 9.39. The Morgan fingerprint density at radius 3 is 2.38 bits per heavy atom. The highest BCUT2D eigenvalue weighted by atomic mass is 16.2. The Morgan fingerprint density at radius 1 is 0.946 bits per heavy atom. The third-order valence-corrected chi connectivity index (χ3v) is 7.00. The summed E-state index contributed by atoms with van der Waals surface area (Å²) in [6, 6.07) is 24.3. The fourth-order valence-corrected chi connectivity index (χ4v) is 4.95. The molecule has 0 bridgehead atoms. The van der Waals surface area contributed by atoms with Crippen molar-refractivity contribution in [1.82, 2.24) is 19.4 Å². The lowest BCUT2D eigenvalue weighted by atomic mass is 10.0. The molecule has 0 aliphatic carbocycles. The molecule has 1 aliphatic heterocycles. The van der Waals surface area contributed by atoms with Gasteiger partial charge in [-0.2, -0.15) is 5.26 Å². The molecule has 0 spiro atoms. The van der Waals surface area contributed by atoms with Gasteiger partial charge in [-0.3, -0.25) is 9.78 Å². The molecule has 5 rings (SSSR count). The zero-order chi connectivity index (χ0) is 25.5. The first kappa shape index (κ1) is 24.3. The van der Waals surface area contributed by atoms with E-state index in [1.807, 2.05) is 58.1 Å². The standard InChI is InChI=1S/C30H30N6O/c31-21-24-6-8-25(9-7-24)22-35-19-16-33-29(35)20-30(37)36(23-26-10-14-32-15-11-26)28-12-17-34(18-13-28)27-4-2-1-3-5-27/h1-11,14-16,19,28H,12-13,17-18,20,22-23H2. The lowest BCUT2D eigenvalue weighted by molar-refractivity contribution is -0.134. The van der Waals surface area contributed by atoms with Crippen LogP contribution in [0.3, 0.4) is 0 Å². The molecule has 0 unspecified atom stereocenters. The SMILES string of the molecule is N#Cc1ccc(Cn2ccnc2CC(=O)N(Cc2ccncc2)C2CCN(c3ccccc3)CC2)cc1. The first-order chi connectivity index (χ1) is 18.2. The van der Waals surface area contributed by atoms with Crippen molar-refractivity contribution in [2.24, 2.45) is 0 Å². The number of imidazole rings is 1. The molecule has 37 heavy (non-hydrogen) atoms. The summed E-state index contributed by atoms with van der Waals surface area (Å²) in [6.45, 7) is 3.01. The minimum absolute atomic E-state index is 0.0854. The fourth-order valence-electron chi connectivity index (χ4n) is 4.95. The number of para-hydroxylation sites is 1. The molecule has 2 aromatic heterocycles. The average Bonchev–Trinajstić information content (AvgIpc) is 3.39. The molecule has 2 aromatic carbocycles. The maximum absolute atomic E-state index is 13.8. The van der Waals surface area contributed by atoms with E-state index in [4.69, 9.17) is 5.26 Å². The van der Waals surface area contributed by atoms with Gasteiger partial charge < -0.3 is 14.4 Å². The van der Waals surface area contributed by atoms with Crippen LogP contribution in [0, 0.1) is 11.3 Å². The summed E-state index contributed by atoms with van der Waals surface area (Å²) in [5.74, 6) is 0.832. The number of carbonyl (C=O) groups is 1. The van der Waals surface area contributed by atoms with Crippen molar-refractivity contribution in [2.75, 3.05) is 18.0 Å². The molecule has 0 radical (unpaired) electrons. The van der Waals surface area contributed by atoms with Crippen molar-refractivity contribution in [3.8, 4) is 6.07 Å². The van der Waals surface area contributed by atoms with Gasteiger partial charge in [0.15, 0.2) is 0 Å². The highest BCUT2D eigenvalue weighted by Gasteiger charge is 2.29. The number of nitriles is 1. The molecule has 7 heteroatoms. The maximum Gasteiger partial charge on any atom is 0.230 e. The minimum Gasteiger partial charge on any atom is -0.371 e. The second kappa shape index (κ2) is 11.5. The highest BCUT2D eigenvalue weighted by molar-refractivity contribution is 5.78. The van der Waals surface area contributed by atoms with Crippen LogP contribution in [-0.4, -0.2) is 44.5 Å². The molecular weight excluding hydrogens is 460 g/mol. The van der Waals surface area contributed by atoms with Gasteiger partial charge in [0.25, 0.3) is 0 Å². The van der Waals surface area contributed by atoms with E-state index < -0.39 is 0 Å². The molecule has 1 fully saturated rings. The third kappa shape index (κ3) is 6.04. The van der Waals surface area contributed by atoms with Crippen molar-refractivity contribution in [3.05, 3.63) is 114 Å². The van der Waals surface area contributed by atoms with Crippen LogP contribution in [0.1, 0.15) is 35.4 Å². The van der Waals surface area contributed by atoms with Crippen molar-refractivity contribution in [3.63, 3.8) is 0 Å². The summed E-state index contributed by atoms with van der Waals surface area (Å²) < 4.78 is 2.02. The number of piperidine rings is 1. The predicted molar refractivity (Wildman–Crippen MR) is 143 cm³/mol. The van der Waals surface area contributed by atoms with Crippen LogP contribution in [-0.2, 0) is 24.3 Å². The Balaban J connectivity index is 1.30. The third-order valence-electron chi connectivity index (χ3n) is 7.00. The van der Waals surface area contributed by atoms with Gasteiger partial charge in [-0.25, -0.2) is 4.98 Å². The Labute approximate surface area is 217 Å². The van der Waals surface area contributed by atoms with E-state index in [-0.39, 0.29) is 18.4 Å². The number of aromatic nitrogens is 3. The van der Waals surface area contributed by atoms with E-state index in [9.17, 15) is 4.79 Å². The van der Waals surface area contributed by atoms with Gasteiger partial charge in [0, 0.05) is 62.7 Å². The van der Waals surface area contributed by atoms with E-state index in [2.05, 4.69) is 45.2 Å². The molecule has 0 N–H and O–H groups in total. The molecule has 1 amide bonds. The summed E-state index contributed by atoms with van der Waals surface area (Å²) in [6.07, 6.45) is 9.30. The van der Waals surface area contributed by atoms with Gasteiger partial charge in [0.05, 0.1) is 18.1 Å². The lowest BCUT2D eigenvalue weighted by Gasteiger charge is -2.39. The number of anilines is 1. The molecule has 3 heterocycles. The van der Waals surface area contributed by atoms with Gasteiger partial charge in [-0.15, -0.1) is 0 Å². The monoisotopic (exact) mass is 490 g/mol. The van der Waals surface area contributed by atoms with Crippen molar-refractivity contribution < 1.29 is 4.79 Å². The minimum atomic E-state index is 0.0854. The number of carbonyl (C=O) groups excluding carboxylic acids is 1. The summed E-state index contributed by atoms with van der Waals surface area (Å²) in [7, 11) is 0. The smallest absolute Gasteiger partial charge is 0.230 e. The first-order valence-corrected chi connectivity index (χ1v) is 12.7. The normalized spacial score (nSPS) is 13.8. The average molecular weight is 491 g/mol. The summed E-state index contributed by atoms with van der Waals surface area (Å²) in [4.78, 5) is 26.9. The van der Waals surface area contributed by atoms with Gasteiger partial charge in [0.2, 0.25) is 5.91 Å². The topological polar surface area (TPSA) is 78.0 Å². The first-order valence-electron chi connectivity index (χ1n) is 12.7. The van der Waals surface area contributed by atoms with Gasteiger partial charge >= 0.3 is 0 Å². The van der Waals surface area contributed by atoms with Gasteiger partial charge in [0.1, 0.15) is 5.82 Å². The van der Waals surface area contributed by atoms with Crippen LogP contribution >= 0.6 is 0 Å². The van der Waals surface area contributed by atoms with Crippen molar-refractivity contribution in [1.29, 1.82) is 5.26 Å². The Morgan fingerprint density at radius 2 is 1.68 bits per heavy atom. The zero-order valence-electron chi connectivity index (χ0n) is 20.8. The summed E-state index contributed by atoms with van der Waals surface area (Å²) in [5, 5.41) is 9.05. The van der Waals surface area contributed by atoms with Crippen LogP contribution in [0.25, 0.3) is 0 Å². The van der Waals surface area contributed by atoms with Crippen molar-refractivity contribution >= 4 is 11.6 Å². The van der Waals surface area contributed by atoms with Gasteiger partial charge in [-0.05, 0) is 60.4 Å². The molecule has 0 saturated carbocycles. The molecule has 1 saturated heterocycles. The van der Waals surface area contributed by atoms with E-state index >= 15 is 0 Å². The van der Waals surface area contributed by atoms with Crippen LogP contribution in [0.5, 0.6) is 0 Å². The summed E-state index contributed by atoms with van der Waals surface area (Å²) in [5.41, 5.74) is 4.01. The Hall–Kier alpha value is -4.44. The number of nitrogens with zero attached hydrogens (tertiary/aromatic N) is 6. The van der Waals surface area contributed by atoms with Crippen LogP contribution < -0.4 is 4.90 Å². The molecule has 1 aliphatic rings. The lowest BCUT2D eigenvalue weighted by Crippen LogP contribution is -2.47. The van der Waals surface area contributed by atoms with E-state index in [0.717, 1.165) is 42.9 Å². The van der Waals surface area contributed by atoms with Gasteiger partial charge in [-0.1, -0.05) is 30.3 Å². The zero-order valence-corrected chi connectivity index (χ0v) is 20.8. The quantitative estimate of drug-likeness (QED) is 0.365. The molecule has 186 valence electrons. The van der Waals surface area contributed by atoms with Crippen LogP contribution in [0.4, 0.5) is 5.69 Å². The molecule has 0 atom stereocenters. The number of amides is 1. The molecule has 7 nitrogen and oxygen atoms in total. The van der Waals surface area contributed by atoms with Crippen LogP contribution in [0.15, 0.2) is 91.5 Å². The van der Waals surface area contributed by atoms with E-state index in [1.54, 1.807) is 18.6 Å². The fraction of sp³-hybridized carbons (Fsp3) is 0.267. The largest absolute Gasteiger partial charge is 0.371 e. The molecule has 4 aromatic rings. The molecular formula is C30H30N6O. The van der Waals surface area contributed by atoms with E-state index in [0.29, 0.717) is 18.7 Å². The number of hydrogen-bond donors (Lipinski definition) is 0. The highest BCUT2D eigenvalue weighted by Crippen LogP contribution is 2.24. The second-order valence-electron chi connectivity index (χ2n) is 9.39. The predicted octanol–water partition coefficient (Wildman–Crippen LogP) is 4.44. The summed E-state index contributed by atoms with van der Waals surface area (Å²) >= 11 is 0. The van der Waals surface area contributed by atoms with Crippen molar-refractivity contribution in [2.45, 2.75) is 38.4 Å².